The first-order valence-corrected chi connectivity index (χ1v) is 6.16. The highest BCUT2D eigenvalue weighted by Crippen LogP contribution is 2.23. The summed E-state index contributed by atoms with van der Waals surface area (Å²) in [6.07, 6.45) is 3.43. The minimum atomic E-state index is -0.246. The monoisotopic (exact) mass is 246 g/mol. The van der Waals surface area contributed by atoms with Gasteiger partial charge >= 0.3 is 0 Å². The summed E-state index contributed by atoms with van der Waals surface area (Å²) in [4.78, 5) is 13.8. The van der Waals surface area contributed by atoms with Gasteiger partial charge in [0.05, 0.1) is 11.9 Å². The van der Waals surface area contributed by atoms with Crippen LogP contribution in [0.5, 0.6) is 0 Å². The molecule has 0 aliphatic carbocycles. The molecule has 1 amide bonds. The molecule has 0 N–H and O–H groups in total. The van der Waals surface area contributed by atoms with Gasteiger partial charge in [0.1, 0.15) is 5.82 Å². The van der Waals surface area contributed by atoms with Gasteiger partial charge in [0.25, 0.3) is 0 Å². The van der Waals surface area contributed by atoms with Gasteiger partial charge in [0, 0.05) is 31.7 Å². The molecule has 0 unspecified atom stereocenters. The van der Waals surface area contributed by atoms with E-state index in [1.807, 2.05) is 22.7 Å². The number of aromatic nitrogens is 1. The Hall–Kier alpha value is -1.84. The Balaban J connectivity index is 1.94. The van der Waals surface area contributed by atoms with E-state index in [9.17, 15) is 9.18 Å². The summed E-state index contributed by atoms with van der Waals surface area (Å²) in [5.41, 5.74) is 1.81. The number of carbonyl (C=O) groups excluding carboxylic acids is 1. The number of likely N-dealkylation sites (tertiary alicyclic amines) is 1. The van der Waals surface area contributed by atoms with Crippen molar-refractivity contribution in [2.75, 3.05) is 13.1 Å². The standard InChI is InChI=1S/C14H15FN2O/c1-16-9-10(7-14(18)17-5-2-6-17)12-4-3-11(15)8-13(12)16/h3-4,8-9H,2,5-7H2,1H3. The number of hydrogen-bond acceptors (Lipinski definition) is 1. The third-order valence-corrected chi connectivity index (χ3v) is 3.59. The Morgan fingerprint density at radius 2 is 2.17 bits per heavy atom. The Labute approximate surface area is 105 Å². The van der Waals surface area contributed by atoms with E-state index in [0.717, 1.165) is 36.0 Å². The number of carbonyl (C=O) groups is 1. The van der Waals surface area contributed by atoms with Crippen LogP contribution in [-0.4, -0.2) is 28.5 Å². The van der Waals surface area contributed by atoms with Gasteiger partial charge in [-0.25, -0.2) is 4.39 Å². The van der Waals surface area contributed by atoms with Gasteiger partial charge in [-0.1, -0.05) is 0 Å². The van der Waals surface area contributed by atoms with E-state index in [-0.39, 0.29) is 11.7 Å². The second-order valence-corrected chi connectivity index (χ2v) is 4.84. The molecular weight excluding hydrogens is 231 g/mol. The highest BCUT2D eigenvalue weighted by atomic mass is 19.1. The first kappa shape index (κ1) is 11.3. The maximum atomic E-state index is 13.2. The topological polar surface area (TPSA) is 25.2 Å². The summed E-state index contributed by atoms with van der Waals surface area (Å²) >= 11 is 0. The molecule has 0 bridgehead atoms. The smallest absolute Gasteiger partial charge is 0.227 e. The molecule has 1 aliphatic heterocycles. The molecule has 0 atom stereocenters. The van der Waals surface area contributed by atoms with E-state index in [1.54, 1.807) is 6.07 Å². The molecule has 1 aromatic heterocycles. The number of aryl methyl sites for hydroxylation is 1. The van der Waals surface area contributed by atoms with Gasteiger partial charge in [-0.2, -0.15) is 0 Å². The fourth-order valence-corrected chi connectivity index (χ4v) is 2.42. The van der Waals surface area contributed by atoms with E-state index in [0.29, 0.717) is 6.42 Å². The van der Waals surface area contributed by atoms with Crippen molar-refractivity contribution in [2.24, 2.45) is 7.05 Å². The summed E-state index contributed by atoms with van der Waals surface area (Å²) in [7, 11) is 1.87. The van der Waals surface area contributed by atoms with Gasteiger partial charge in [0.2, 0.25) is 5.91 Å². The lowest BCUT2D eigenvalue weighted by atomic mass is 10.1. The van der Waals surface area contributed by atoms with Crippen LogP contribution >= 0.6 is 0 Å². The molecule has 2 heterocycles. The van der Waals surface area contributed by atoms with Crippen LogP contribution in [0.3, 0.4) is 0 Å². The number of benzene rings is 1. The van der Waals surface area contributed by atoms with Crippen molar-refractivity contribution < 1.29 is 9.18 Å². The maximum absolute atomic E-state index is 13.2. The Morgan fingerprint density at radius 3 is 2.83 bits per heavy atom. The van der Waals surface area contributed by atoms with E-state index in [2.05, 4.69) is 0 Å². The average Bonchev–Trinajstić information content (AvgIpc) is 2.53. The molecular formula is C14H15FN2O. The normalized spacial score (nSPS) is 14.9. The zero-order chi connectivity index (χ0) is 12.7. The van der Waals surface area contributed by atoms with Gasteiger partial charge in [-0.15, -0.1) is 0 Å². The first-order valence-electron chi connectivity index (χ1n) is 6.16. The van der Waals surface area contributed by atoms with Crippen molar-refractivity contribution in [3.63, 3.8) is 0 Å². The van der Waals surface area contributed by atoms with Crippen molar-refractivity contribution in [3.8, 4) is 0 Å². The molecule has 3 nitrogen and oxygen atoms in total. The summed E-state index contributed by atoms with van der Waals surface area (Å²) in [5, 5.41) is 0.966. The van der Waals surface area contributed by atoms with Crippen molar-refractivity contribution >= 4 is 16.8 Å². The average molecular weight is 246 g/mol. The first-order chi connectivity index (χ1) is 8.65. The van der Waals surface area contributed by atoms with Crippen LogP contribution in [0, 0.1) is 5.82 Å². The van der Waals surface area contributed by atoms with E-state index < -0.39 is 0 Å². The minimum absolute atomic E-state index is 0.165. The lowest BCUT2D eigenvalue weighted by molar-refractivity contribution is -0.133. The van der Waals surface area contributed by atoms with Gasteiger partial charge in [0.15, 0.2) is 0 Å². The molecule has 1 aromatic carbocycles. The lowest BCUT2D eigenvalue weighted by Gasteiger charge is -2.30. The number of hydrogen-bond donors (Lipinski definition) is 0. The van der Waals surface area contributed by atoms with Crippen molar-refractivity contribution in [1.29, 1.82) is 0 Å². The number of rotatable bonds is 2. The quantitative estimate of drug-likeness (QED) is 0.796. The Bertz CT molecular complexity index is 614. The van der Waals surface area contributed by atoms with E-state index >= 15 is 0 Å². The van der Waals surface area contributed by atoms with Crippen LogP contribution in [0.15, 0.2) is 24.4 Å². The van der Waals surface area contributed by atoms with Crippen molar-refractivity contribution in [3.05, 3.63) is 35.8 Å². The Kier molecular flexibility index (Phi) is 2.58. The lowest BCUT2D eigenvalue weighted by Crippen LogP contribution is -2.42. The summed E-state index contributed by atoms with van der Waals surface area (Å²) in [5.74, 6) is -0.0811. The maximum Gasteiger partial charge on any atom is 0.227 e. The Morgan fingerprint density at radius 1 is 1.39 bits per heavy atom. The van der Waals surface area contributed by atoms with Crippen LogP contribution in [-0.2, 0) is 18.3 Å². The zero-order valence-electron chi connectivity index (χ0n) is 10.3. The fourth-order valence-electron chi connectivity index (χ4n) is 2.42. The van der Waals surface area contributed by atoms with Crippen LogP contribution < -0.4 is 0 Å². The van der Waals surface area contributed by atoms with Gasteiger partial charge in [-0.3, -0.25) is 4.79 Å². The predicted molar refractivity (Wildman–Crippen MR) is 67.8 cm³/mol. The number of halogens is 1. The molecule has 1 saturated heterocycles. The van der Waals surface area contributed by atoms with Crippen LogP contribution in [0.4, 0.5) is 4.39 Å². The molecule has 18 heavy (non-hydrogen) atoms. The molecule has 1 aliphatic rings. The van der Waals surface area contributed by atoms with Crippen LogP contribution in [0.1, 0.15) is 12.0 Å². The summed E-state index contributed by atoms with van der Waals surface area (Å²) in [6.45, 7) is 1.75. The minimum Gasteiger partial charge on any atom is -0.350 e. The van der Waals surface area contributed by atoms with Crippen molar-refractivity contribution in [2.45, 2.75) is 12.8 Å². The van der Waals surface area contributed by atoms with E-state index in [1.165, 1.54) is 12.1 Å². The van der Waals surface area contributed by atoms with Crippen LogP contribution in [0.25, 0.3) is 10.9 Å². The second-order valence-electron chi connectivity index (χ2n) is 4.84. The van der Waals surface area contributed by atoms with Gasteiger partial charge < -0.3 is 9.47 Å². The SMILES string of the molecule is Cn1cc(CC(=O)N2CCC2)c2ccc(F)cc21. The number of nitrogens with zero attached hydrogens (tertiary/aromatic N) is 2. The molecule has 2 aromatic rings. The van der Waals surface area contributed by atoms with Crippen LogP contribution in [0.2, 0.25) is 0 Å². The number of fused-ring (bicyclic) bond motifs is 1. The largest absolute Gasteiger partial charge is 0.350 e. The summed E-state index contributed by atoms with van der Waals surface area (Å²) < 4.78 is 15.1. The third-order valence-electron chi connectivity index (χ3n) is 3.59. The highest BCUT2D eigenvalue weighted by Gasteiger charge is 2.21. The predicted octanol–water partition coefficient (Wildman–Crippen LogP) is 2.09. The molecule has 4 heteroatoms. The number of amides is 1. The molecule has 94 valence electrons. The van der Waals surface area contributed by atoms with E-state index in [4.69, 9.17) is 0 Å². The second kappa shape index (κ2) is 4.12. The molecule has 0 radical (unpaired) electrons. The molecule has 0 saturated carbocycles. The summed E-state index contributed by atoms with van der Waals surface area (Å²) in [6, 6.07) is 4.70. The fraction of sp³-hybridized carbons (Fsp3) is 0.357. The molecule has 1 fully saturated rings. The zero-order valence-corrected chi connectivity index (χ0v) is 10.3. The van der Waals surface area contributed by atoms with Gasteiger partial charge in [-0.05, 0) is 30.2 Å². The third kappa shape index (κ3) is 1.78. The highest BCUT2D eigenvalue weighted by molar-refractivity contribution is 5.89. The molecule has 3 rings (SSSR count). The van der Waals surface area contributed by atoms with Crippen molar-refractivity contribution in [1.82, 2.24) is 9.47 Å². The molecule has 0 spiro atoms.